The van der Waals surface area contributed by atoms with Gasteiger partial charge in [0.05, 0.1) is 0 Å². The summed E-state index contributed by atoms with van der Waals surface area (Å²) in [4.78, 5) is 11.5. The number of hydrogen-bond donors (Lipinski definition) is 2. The molecule has 0 aliphatic heterocycles. The minimum atomic E-state index is -0.111. The fourth-order valence-electron chi connectivity index (χ4n) is 1.60. The van der Waals surface area contributed by atoms with E-state index in [1.807, 2.05) is 27.0 Å². The molecule has 1 aromatic carbocycles. The van der Waals surface area contributed by atoms with Crippen LogP contribution >= 0.6 is 11.6 Å². The van der Waals surface area contributed by atoms with E-state index in [9.17, 15) is 4.79 Å². The second-order valence-electron chi connectivity index (χ2n) is 4.33. The van der Waals surface area contributed by atoms with Crippen molar-refractivity contribution in [3.63, 3.8) is 0 Å². The summed E-state index contributed by atoms with van der Waals surface area (Å²) in [6, 6.07) is 5.50. The molecule has 1 amide bonds. The summed E-state index contributed by atoms with van der Waals surface area (Å²) in [5.41, 5.74) is 0.943. The molecule has 0 saturated carbocycles. The quantitative estimate of drug-likeness (QED) is 0.809. The Morgan fingerprint density at radius 3 is 2.84 bits per heavy atom. The zero-order chi connectivity index (χ0) is 14.3. The van der Waals surface area contributed by atoms with Crippen molar-refractivity contribution in [2.45, 2.75) is 26.3 Å². The number of nitrogens with one attached hydrogen (secondary N) is 2. The highest BCUT2D eigenvalue weighted by atomic mass is 35.5. The van der Waals surface area contributed by atoms with E-state index in [4.69, 9.17) is 16.3 Å². The first-order valence-corrected chi connectivity index (χ1v) is 6.82. The van der Waals surface area contributed by atoms with E-state index in [0.29, 0.717) is 17.3 Å². The molecule has 1 atom stereocenters. The molecule has 1 aromatic rings. The molecule has 0 aliphatic rings. The van der Waals surface area contributed by atoms with Crippen molar-refractivity contribution in [2.75, 3.05) is 20.2 Å². The van der Waals surface area contributed by atoms with Crippen LogP contribution in [0.25, 0.3) is 0 Å². The van der Waals surface area contributed by atoms with Gasteiger partial charge < -0.3 is 15.4 Å². The first-order chi connectivity index (χ1) is 9.08. The average Bonchev–Trinajstić information content (AvgIpc) is 2.42. The lowest BCUT2D eigenvalue weighted by Gasteiger charge is -2.16. The molecule has 19 heavy (non-hydrogen) atoms. The molecule has 106 valence electrons. The molecular weight excluding hydrogens is 264 g/mol. The highest BCUT2D eigenvalue weighted by Gasteiger charge is 2.12. The van der Waals surface area contributed by atoms with Crippen molar-refractivity contribution in [2.24, 2.45) is 0 Å². The average molecular weight is 285 g/mol. The molecule has 0 fully saturated rings. The van der Waals surface area contributed by atoms with Gasteiger partial charge in [-0.1, -0.05) is 18.5 Å². The fraction of sp³-hybridized carbons (Fsp3) is 0.500. The first kappa shape index (κ1) is 15.8. The third kappa shape index (κ3) is 5.09. The molecule has 2 N–H and O–H groups in total. The highest BCUT2D eigenvalue weighted by molar-refractivity contribution is 6.30. The van der Waals surface area contributed by atoms with Gasteiger partial charge in [-0.25, -0.2) is 0 Å². The minimum absolute atomic E-state index is 0.0189. The predicted molar refractivity (Wildman–Crippen MR) is 77.7 cm³/mol. The number of halogens is 1. The lowest BCUT2D eigenvalue weighted by Crippen LogP contribution is -2.29. The van der Waals surface area contributed by atoms with Gasteiger partial charge in [-0.15, -0.1) is 0 Å². The first-order valence-electron chi connectivity index (χ1n) is 6.44. The second kappa shape index (κ2) is 8.02. The summed E-state index contributed by atoms with van der Waals surface area (Å²) in [6.45, 7) is 4.70. The molecule has 1 rings (SSSR count). The SMILES string of the molecule is CCCNC(=O)COc1ccc(Cl)cc1C(C)NC. The van der Waals surface area contributed by atoms with Gasteiger partial charge in [0, 0.05) is 23.2 Å². The summed E-state index contributed by atoms with van der Waals surface area (Å²) in [6.07, 6.45) is 0.911. The molecule has 1 unspecified atom stereocenters. The third-order valence-corrected chi connectivity index (χ3v) is 3.04. The van der Waals surface area contributed by atoms with Crippen molar-refractivity contribution in [1.29, 1.82) is 0 Å². The van der Waals surface area contributed by atoms with Crippen molar-refractivity contribution >= 4 is 17.5 Å². The Balaban J connectivity index is 2.69. The molecule has 0 radical (unpaired) electrons. The molecular formula is C14H21ClN2O2. The van der Waals surface area contributed by atoms with Gasteiger partial charge in [-0.05, 0) is 38.6 Å². The van der Waals surface area contributed by atoms with Crippen LogP contribution in [0.2, 0.25) is 5.02 Å². The molecule has 0 aliphatic carbocycles. The van der Waals surface area contributed by atoms with Crippen LogP contribution in [0.4, 0.5) is 0 Å². The van der Waals surface area contributed by atoms with E-state index >= 15 is 0 Å². The van der Waals surface area contributed by atoms with E-state index in [-0.39, 0.29) is 18.6 Å². The number of amides is 1. The second-order valence-corrected chi connectivity index (χ2v) is 4.77. The Bertz CT molecular complexity index is 424. The predicted octanol–water partition coefficient (Wildman–Crippen LogP) is 2.53. The zero-order valence-corrected chi connectivity index (χ0v) is 12.4. The van der Waals surface area contributed by atoms with Crippen LogP contribution in [-0.2, 0) is 4.79 Å². The Labute approximate surface area is 119 Å². The zero-order valence-electron chi connectivity index (χ0n) is 11.6. The maximum Gasteiger partial charge on any atom is 0.257 e. The topological polar surface area (TPSA) is 50.4 Å². The Hall–Kier alpha value is -1.26. The number of hydrogen-bond acceptors (Lipinski definition) is 3. The maximum absolute atomic E-state index is 11.5. The molecule has 5 heteroatoms. The number of benzene rings is 1. The number of carbonyl (C=O) groups is 1. The van der Waals surface area contributed by atoms with Crippen LogP contribution in [0.15, 0.2) is 18.2 Å². The third-order valence-electron chi connectivity index (χ3n) is 2.80. The van der Waals surface area contributed by atoms with Crippen LogP contribution in [0.5, 0.6) is 5.75 Å². The molecule has 0 aromatic heterocycles. The molecule has 0 spiro atoms. The summed E-state index contributed by atoms with van der Waals surface area (Å²) >= 11 is 5.99. The molecule has 0 bridgehead atoms. The standard InChI is InChI=1S/C14H21ClN2O2/c1-4-7-17-14(18)9-19-13-6-5-11(15)8-12(13)10(2)16-3/h5-6,8,10,16H,4,7,9H2,1-3H3,(H,17,18). The van der Waals surface area contributed by atoms with E-state index in [2.05, 4.69) is 10.6 Å². The van der Waals surface area contributed by atoms with Crippen molar-refractivity contribution in [3.05, 3.63) is 28.8 Å². The molecule has 0 heterocycles. The van der Waals surface area contributed by atoms with Crippen molar-refractivity contribution < 1.29 is 9.53 Å². The van der Waals surface area contributed by atoms with Crippen LogP contribution < -0.4 is 15.4 Å². The Kier molecular flexibility index (Phi) is 6.67. The van der Waals surface area contributed by atoms with Crippen LogP contribution in [0, 0.1) is 0 Å². The summed E-state index contributed by atoms with van der Waals surface area (Å²) in [5.74, 6) is 0.567. The molecule has 4 nitrogen and oxygen atoms in total. The van der Waals surface area contributed by atoms with Crippen LogP contribution in [-0.4, -0.2) is 26.1 Å². The van der Waals surface area contributed by atoms with Gasteiger partial charge in [0.15, 0.2) is 6.61 Å². The maximum atomic E-state index is 11.5. The summed E-state index contributed by atoms with van der Waals surface area (Å²) in [7, 11) is 1.86. The van der Waals surface area contributed by atoms with Gasteiger partial charge in [-0.2, -0.15) is 0 Å². The summed E-state index contributed by atoms with van der Waals surface area (Å²) < 4.78 is 5.56. The van der Waals surface area contributed by atoms with Crippen LogP contribution in [0.3, 0.4) is 0 Å². The minimum Gasteiger partial charge on any atom is -0.483 e. The fourth-order valence-corrected chi connectivity index (χ4v) is 1.78. The van der Waals surface area contributed by atoms with Gasteiger partial charge in [0.2, 0.25) is 0 Å². The Morgan fingerprint density at radius 2 is 2.21 bits per heavy atom. The van der Waals surface area contributed by atoms with E-state index in [0.717, 1.165) is 12.0 Å². The normalized spacial score (nSPS) is 12.0. The lowest BCUT2D eigenvalue weighted by atomic mass is 10.1. The monoisotopic (exact) mass is 284 g/mol. The number of rotatable bonds is 7. The van der Waals surface area contributed by atoms with Crippen LogP contribution in [0.1, 0.15) is 31.9 Å². The molecule has 0 saturated heterocycles. The van der Waals surface area contributed by atoms with Gasteiger partial charge in [-0.3, -0.25) is 4.79 Å². The highest BCUT2D eigenvalue weighted by Crippen LogP contribution is 2.28. The van der Waals surface area contributed by atoms with E-state index < -0.39 is 0 Å². The van der Waals surface area contributed by atoms with E-state index in [1.165, 1.54) is 0 Å². The van der Waals surface area contributed by atoms with Crippen molar-refractivity contribution in [3.8, 4) is 5.75 Å². The Morgan fingerprint density at radius 1 is 1.47 bits per heavy atom. The number of carbonyl (C=O) groups excluding carboxylic acids is 1. The number of ether oxygens (including phenoxy) is 1. The van der Waals surface area contributed by atoms with Gasteiger partial charge in [0.1, 0.15) is 5.75 Å². The lowest BCUT2D eigenvalue weighted by molar-refractivity contribution is -0.123. The van der Waals surface area contributed by atoms with Gasteiger partial charge >= 0.3 is 0 Å². The summed E-state index contributed by atoms with van der Waals surface area (Å²) in [5, 5.41) is 6.56. The largest absolute Gasteiger partial charge is 0.483 e. The van der Waals surface area contributed by atoms with Gasteiger partial charge in [0.25, 0.3) is 5.91 Å². The van der Waals surface area contributed by atoms with Crippen molar-refractivity contribution in [1.82, 2.24) is 10.6 Å². The van der Waals surface area contributed by atoms with E-state index in [1.54, 1.807) is 12.1 Å². The smallest absolute Gasteiger partial charge is 0.257 e.